The van der Waals surface area contributed by atoms with Gasteiger partial charge in [-0.1, -0.05) is 0 Å². The Bertz CT molecular complexity index is 1440. The van der Waals surface area contributed by atoms with Crippen molar-refractivity contribution in [2.45, 2.75) is 32.2 Å². The van der Waals surface area contributed by atoms with Gasteiger partial charge in [0.2, 0.25) is 5.95 Å². The van der Waals surface area contributed by atoms with Crippen molar-refractivity contribution in [2.24, 2.45) is 7.05 Å². The van der Waals surface area contributed by atoms with Gasteiger partial charge in [0.15, 0.2) is 0 Å². The van der Waals surface area contributed by atoms with Gasteiger partial charge < -0.3 is 19.6 Å². The SMILES string of the molecule is Cc1cn(-c2ccnc(Nc3ccc4c(c3)c(C(=O)C(F)(F)F)cn4C)n2)cc1CN1CC[C@@H](O)C1. The third-order valence-electron chi connectivity index (χ3n) is 6.43. The molecule has 2 N–H and O–H groups in total. The molecule has 1 aromatic carbocycles. The van der Waals surface area contributed by atoms with E-state index in [1.54, 1.807) is 31.4 Å². The molecule has 8 nitrogen and oxygen atoms in total. The van der Waals surface area contributed by atoms with Gasteiger partial charge in [-0.15, -0.1) is 0 Å². The summed E-state index contributed by atoms with van der Waals surface area (Å²) in [7, 11) is 1.59. The number of carbonyl (C=O) groups excluding carboxylic acids is 1. The van der Waals surface area contributed by atoms with Crippen LogP contribution in [0.1, 0.15) is 27.9 Å². The van der Waals surface area contributed by atoms with E-state index in [-0.39, 0.29) is 17.4 Å². The van der Waals surface area contributed by atoms with Crippen LogP contribution in [0.3, 0.4) is 0 Å². The lowest BCUT2D eigenvalue weighted by Gasteiger charge is -2.14. The Balaban J connectivity index is 1.39. The summed E-state index contributed by atoms with van der Waals surface area (Å²) in [6, 6.07) is 6.59. The van der Waals surface area contributed by atoms with Crippen molar-refractivity contribution in [2.75, 3.05) is 18.4 Å². The van der Waals surface area contributed by atoms with Crippen LogP contribution in [0, 0.1) is 6.92 Å². The lowest BCUT2D eigenvalue weighted by molar-refractivity contribution is -0.0884. The molecule has 0 spiro atoms. The minimum atomic E-state index is -4.96. The number of aliphatic hydroxyl groups excluding tert-OH is 1. The lowest BCUT2D eigenvalue weighted by atomic mass is 10.1. The first-order valence-electron chi connectivity index (χ1n) is 11.5. The van der Waals surface area contributed by atoms with Gasteiger partial charge in [0, 0.05) is 68.1 Å². The van der Waals surface area contributed by atoms with Gasteiger partial charge >= 0.3 is 6.18 Å². The molecule has 0 radical (unpaired) electrons. The predicted octanol–water partition coefficient (Wildman–Crippen LogP) is 4.12. The highest BCUT2D eigenvalue weighted by molar-refractivity contribution is 6.11. The van der Waals surface area contributed by atoms with E-state index < -0.39 is 17.5 Å². The van der Waals surface area contributed by atoms with Crippen molar-refractivity contribution in [1.82, 2.24) is 24.0 Å². The number of rotatable bonds is 6. The number of hydrogen-bond donors (Lipinski definition) is 2. The molecule has 188 valence electrons. The molecule has 1 atom stereocenters. The van der Waals surface area contributed by atoms with Crippen LogP contribution in [-0.4, -0.2) is 60.3 Å². The molecule has 1 fully saturated rings. The normalized spacial score (nSPS) is 16.7. The minimum absolute atomic E-state index is 0.193. The van der Waals surface area contributed by atoms with Crippen LogP contribution in [0.4, 0.5) is 24.8 Å². The molecule has 11 heteroatoms. The molecule has 0 saturated carbocycles. The number of ketones is 1. The molecule has 36 heavy (non-hydrogen) atoms. The Hall–Kier alpha value is -3.70. The Morgan fingerprint density at radius 1 is 1.22 bits per heavy atom. The summed E-state index contributed by atoms with van der Waals surface area (Å²) in [5.41, 5.74) is 2.79. The maximum Gasteiger partial charge on any atom is 0.454 e. The standard InChI is InChI=1S/C25H25F3N6O2/c1-15-10-34(12-16(15)11-33-8-6-18(35)13-33)22-5-7-29-24(31-22)30-17-3-4-21-19(9-17)20(14-32(21)2)23(36)25(26,27)28/h3-5,7,9-10,12,14,18,35H,6,8,11,13H2,1-2H3,(H,29,30,31)/t18-/m1/s1. The van der Waals surface area contributed by atoms with Crippen molar-refractivity contribution in [3.8, 4) is 5.82 Å². The maximum atomic E-state index is 13.1. The van der Waals surface area contributed by atoms with E-state index in [1.165, 1.54) is 16.8 Å². The molecule has 1 aliphatic heterocycles. The molecule has 1 saturated heterocycles. The van der Waals surface area contributed by atoms with Crippen molar-refractivity contribution >= 4 is 28.3 Å². The number of alkyl halides is 3. The van der Waals surface area contributed by atoms with Gasteiger partial charge in [-0.25, -0.2) is 4.98 Å². The van der Waals surface area contributed by atoms with E-state index in [2.05, 4.69) is 20.2 Å². The number of carbonyl (C=O) groups is 1. The van der Waals surface area contributed by atoms with Crippen LogP contribution in [0.15, 0.2) is 49.1 Å². The molecular weight excluding hydrogens is 473 g/mol. The molecule has 4 heterocycles. The number of aromatic nitrogens is 4. The van der Waals surface area contributed by atoms with Crippen LogP contribution in [0.25, 0.3) is 16.7 Å². The summed E-state index contributed by atoms with van der Waals surface area (Å²) >= 11 is 0. The number of Topliss-reactive ketones (excluding diaryl/α,β-unsaturated/α-hetero) is 1. The number of nitrogens with zero attached hydrogens (tertiary/aromatic N) is 5. The first-order chi connectivity index (χ1) is 17.1. The summed E-state index contributed by atoms with van der Waals surface area (Å²) in [6.45, 7) is 4.28. The fraction of sp³-hybridized carbons (Fsp3) is 0.320. The van der Waals surface area contributed by atoms with Crippen LogP contribution in [0.5, 0.6) is 0 Å². The first kappa shape index (κ1) is 24.0. The van der Waals surface area contributed by atoms with Gasteiger partial charge in [0.1, 0.15) is 5.82 Å². The minimum Gasteiger partial charge on any atom is -0.392 e. The highest BCUT2D eigenvalue weighted by atomic mass is 19.4. The summed E-state index contributed by atoms with van der Waals surface area (Å²) in [5.74, 6) is -0.996. The Labute approximate surface area is 205 Å². The van der Waals surface area contributed by atoms with Crippen LogP contribution in [-0.2, 0) is 13.6 Å². The van der Waals surface area contributed by atoms with E-state index in [0.717, 1.165) is 30.6 Å². The molecule has 0 amide bonds. The fourth-order valence-electron chi connectivity index (χ4n) is 4.58. The Morgan fingerprint density at radius 2 is 2.03 bits per heavy atom. The Morgan fingerprint density at radius 3 is 2.75 bits per heavy atom. The van der Waals surface area contributed by atoms with Gasteiger partial charge in [-0.2, -0.15) is 18.2 Å². The smallest absolute Gasteiger partial charge is 0.392 e. The number of aryl methyl sites for hydroxylation is 2. The summed E-state index contributed by atoms with van der Waals surface area (Å²) in [4.78, 5) is 22.9. The zero-order valence-electron chi connectivity index (χ0n) is 19.8. The van der Waals surface area contributed by atoms with E-state index in [4.69, 9.17) is 0 Å². The third kappa shape index (κ3) is 4.71. The number of hydrogen-bond acceptors (Lipinski definition) is 6. The molecule has 4 aromatic rings. The van der Waals surface area contributed by atoms with Gasteiger partial charge in [0.25, 0.3) is 5.78 Å². The second-order valence-corrected chi connectivity index (χ2v) is 9.13. The average molecular weight is 499 g/mol. The van der Waals surface area contributed by atoms with Crippen molar-refractivity contribution in [3.63, 3.8) is 0 Å². The molecule has 3 aromatic heterocycles. The quantitative estimate of drug-likeness (QED) is 0.389. The molecule has 0 aliphatic carbocycles. The highest BCUT2D eigenvalue weighted by Gasteiger charge is 2.40. The number of likely N-dealkylation sites (tertiary alicyclic amines) is 1. The van der Waals surface area contributed by atoms with E-state index in [9.17, 15) is 23.1 Å². The maximum absolute atomic E-state index is 13.1. The number of fused-ring (bicyclic) bond motifs is 1. The number of benzene rings is 1. The first-order valence-corrected chi connectivity index (χ1v) is 11.5. The van der Waals surface area contributed by atoms with Gasteiger partial charge in [-0.05, 0) is 48.7 Å². The summed E-state index contributed by atoms with van der Waals surface area (Å²) in [5, 5.41) is 13.0. The molecule has 0 unspecified atom stereocenters. The van der Waals surface area contributed by atoms with E-state index in [0.29, 0.717) is 23.6 Å². The highest BCUT2D eigenvalue weighted by Crippen LogP contribution is 2.30. The number of halogens is 3. The number of nitrogens with one attached hydrogen (secondary N) is 1. The zero-order valence-corrected chi connectivity index (χ0v) is 19.8. The molecule has 0 bridgehead atoms. The summed E-state index contributed by atoms with van der Waals surface area (Å²) in [6.07, 6.45) is 2.29. The predicted molar refractivity (Wildman–Crippen MR) is 129 cm³/mol. The van der Waals surface area contributed by atoms with Gasteiger partial charge in [-0.3, -0.25) is 9.69 Å². The lowest BCUT2D eigenvalue weighted by Crippen LogP contribution is -2.22. The average Bonchev–Trinajstić information content (AvgIpc) is 3.50. The fourth-order valence-corrected chi connectivity index (χ4v) is 4.58. The Kier molecular flexibility index (Phi) is 6.05. The monoisotopic (exact) mass is 498 g/mol. The van der Waals surface area contributed by atoms with Crippen molar-refractivity contribution < 1.29 is 23.1 Å². The van der Waals surface area contributed by atoms with E-state index in [1.807, 2.05) is 23.9 Å². The second kappa shape index (κ2) is 9.07. The van der Waals surface area contributed by atoms with Crippen molar-refractivity contribution in [1.29, 1.82) is 0 Å². The van der Waals surface area contributed by atoms with Crippen LogP contribution >= 0.6 is 0 Å². The number of anilines is 2. The van der Waals surface area contributed by atoms with E-state index >= 15 is 0 Å². The van der Waals surface area contributed by atoms with Crippen molar-refractivity contribution in [3.05, 3.63) is 65.7 Å². The van der Waals surface area contributed by atoms with Crippen LogP contribution in [0.2, 0.25) is 0 Å². The second-order valence-electron chi connectivity index (χ2n) is 9.13. The largest absolute Gasteiger partial charge is 0.454 e. The summed E-state index contributed by atoms with van der Waals surface area (Å²) < 4.78 is 42.6. The topological polar surface area (TPSA) is 88.2 Å². The molecule has 5 rings (SSSR count). The van der Waals surface area contributed by atoms with Gasteiger partial charge in [0.05, 0.1) is 11.7 Å². The number of aliphatic hydroxyl groups is 1. The molecule has 1 aliphatic rings. The van der Waals surface area contributed by atoms with Crippen LogP contribution < -0.4 is 5.32 Å². The molecular formula is C25H25F3N6O2. The third-order valence-corrected chi connectivity index (χ3v) is 6.43. The zero-order chi connectivity index (χ0) is 25.6. The number of β-amino-alcohol motifs (C(OH)–C–C–N with tert-alkyl or cyclic N) is 1.